The number of fused-ring (bicyclic) bond motifs is 1. The van der Waals surface area contributed by atoms with E-state index in [9.17, 15) is 4.79 Å². The lowest BCUT2D eigenvalue weighted by Crippen LogP contribution is -2.39. The average Bonchev–Trinajstić information content (AvgIpc) is 3.26. The first-order valence-electron chi connectivity index (χ1n) is 10.6. The minimum absolute atomic E-state index is 0. The van der Waals surface area contributed by atoms with Crippen LogP contribution in [0.3, 0.4) is 0 Å². The molecule has 1 amide bonds. The predicted octanol–water partition coefficient (Wildman–Crippen LogP) is 5.41. The van der Waals surface area contributed by atoms with Crippen molar-refractivity contribution in [1.29, 1.82) is 0 Å². The van der Waals surface area contributed by atoms with E-state index in [0.717, 1.165) is 44.0 Å². The monoisotopic (exact) mass is 545 g/mol. The van der Waals surface area contributed by atoms with Crippen LogP contribution in [0.1, 0.15) is 16.8 Å². The van der Waals surface area contributed by atoms with Gasteiger partial charge in [-0.25, -0.2) is 4.98 Å². The van der Waals surface area contributed by atoms with Crippen molar-refractivity contribution in [2.24, 2.45) is 0 Å². The van der Waals surface area contributed by atoms with Crippen molar-refractivity contribution in [3.63, 3.8) is 0 Å². The molecule has 1 aliphatic heterocycles. The first-order chi connectivity index (χ1) is 16.0. The van der Waals surface area contributed by atoms with Crippen LogP contribution in [0.15, 0.2) is 30.3 Å². The summed E-state index contributed by atoms with van der Waals surface area (Å²) < 4.78 is 17.3. The highest BCUT2D eigenvalue weighted by atomic mass is 35.5. The smallest absolute Gasteiger partial charge is 0.260 e. The van der Waals surface area contributed by atoms with Gasteiger partial charge in [-0.3, -0.25) is 14.6 Å². The Hall–Kier alpha value is -1.81. The van der Waals surface area contributed by atoms with Gasteiger partial charge in [0, 0.05) is 41.8 Å². The number of benzene rings is 2. The Bertz CT molecular complexity index is 1080. The van der Waals surface area contributed by atoms with Crippen molar-refractivity contribution >= 4 is 68.2 Å². The summed E-state index contributed by atoms with van der Waals surface area (Å²) in [6.07, 6.45) is 0.782. The fraction of sp³-hybridized carbons (Fsp3) is 0.391. The summed E-state index contributed by atoms with van der Waals surface area (Å²) in [4.78, 5) is 22.4. The van der Waals surface area contributed by atoms with Crippen molar-refractivity contribution in [3.05, 3.63) is 45.9 Å². The number of hydrogen-bond donors (Lipinski definition) is 0. The van der Waals surface area contributed by atoms with E-state index in [1.54, 1.807) is 37.3 Å². The van der Waals surface area contributed by atoms with Crippen LogP contribution < -0.4 is 14.4 Å². The Morgan fingerprint density at radius 2 is 1.76 bits per heavy atom. The third-order valence-electron chi connectivity index (χ3n) is 5.44. The number of halogens is 3. The molecule has 184 valence electrons. The van der Waals surface area contributed by atoms with Crippen LogP contribution >= 0.6 is 46.9 Å². The van der Waals surface area contributed by atoms with E-state index in [1.807, 2.05) is 12.1 Å². The van der Waals surface area contributed by atoms with E-state index in [-0.39, 0.29) is 18.3 Å². The molecule has 34 heavy (non-hydrogen) atoms. The Morgan fingerprint density at radius 3 is 2.41 bits per heavy atom. The molecule has 3 aromatic rings. The second-order valence-corrected chi connectivity index (χ2v) is 9.42. The largest absolute Gasteiger partial charge is 0.495 e. The van der Waals surface area contributed by atoms with Gasteiger partial charge in [-0.15, -0.1) is 12.4 Å². The Morgan fingerprint density at radius 1 is 1.12 bits per heavy atom. The first kappa shape index (κ1) is 26.8. The number of morpholine rings is 1. The highest BCUT2D eigenvalue weighted by Gasteiger charge is 2.24. The van der Waals surface area contributed by atoms with Gasteiger partial charge in [-0.1, -0.05) is 34.5 Å². The van der Waals surface area contributed by atoms with E-state index in [2.05, 4.69) is 4.90 Å². The molecule has 0 spiro atoms. The fourth-order valence-electron chi connectivity index (χ4n) is 3.78. The van der Waals surface area contributed by atoms with Crippen LogP contribution in [-0.4, -0.2) is 69.4 Å². The van der Waals surface area contributed by atoms with Crippen molar-refractivity contribution in [3.8, 4) is 11.5 Å². The van der Waals surface area contributed by atoms with Gasteiger partial charge in [-0.2, -0.15) is 0 Å². The van der Waals surface area contributed by atoms with Gasteiger partial charge < -0.3 is 14.2 Å². The maximum absolute atomic E-state index is 13.6. The highest BCUT2D eigenvalue weighted by Crippen LogP contribution is 2.40. The number of rotatable bonds is 8. The molecule has 1 aliphatic rings. The molecule has 0 bridgehead atoms. The zero-order chi connectivity index (χ0) is 23.4. The minimum Gasteiger partial charge on any atom is -0.495 e. The van der Waals surface area contributed by atoms with Gasteiger partial charge in [0.1, 0.15) is 21.7 Å². The van der Waals surface area contributed by atoms with Gasteiger partial charge in [0.05, 0.1) is 27.4 Å². The van der Waals surface area contributed by atoms with Crippen molar-refractivity contribution in [1.82, 2.24) is 9.88 Å². The van der Waals surface area contributed by atoms with Gasteiger partial charge in [0.2, 0.25) is 0 Å². The standard InChI is InChI=1S/C23H25Cl2N3O4S.ClH/c1-30-18-4-5-19(31-2)21-20(18)26-23(33-21)28(7-3-6-27-8-10-32-11-9-27)22(29)15-12-16(24)14-17(25)13-15;/h4-5,12-14H,3,6-11H2,1-2H3;1H. The average molecular weight is 547 g/mol. The van der Waals surface area contributed by atoms with Crippen molar-refractivity contribution in [2.75, 3.05) is 58.5 Å². The van der Waals surface area contributed by atoms with Crippen LogP contribution in [0, 0.1) is 0 Å². The van der Waals surface area contributed by atoms with Crippen molar-refractivity contribution in [2.45, 2.75) is 6.42 Å². The van der Waals surface area contributed by atoms with Gasteiger partial charge in [0.15, 0.2) is 5.13 Å². The molecule has 0 N–H and O–H groups in total. The van der Waals surface area contributed by atoms with E-state index in [1.165, 1.54) is 11.3 Å². The zero-order valence-corrected chi connectivity index (χ0v) is 22.0. The van der Waals surface area contributed by atoms with Gasteiger partial charge >= 0.3 is 0 Å². The van der Waals surface area contributed by atoms with Crippen LogP contribution in [0.25, 0.3) is 10.2 Å². The molecule has 0 aliphatic carbocycles. The summed E-state index contributed by atoms with van der Waals surface area (Å²) in [5, 5.41) is 1.38. The maximum atomic E-state index is 13.6. The number of nitrogens with zero attached hydrogens (tertiary/aromatic N) is 3. The van der Waals surface area contributed by atoms with E-state index < -0.39 is 0 Å². The van der Waals surface area contributed by atoms with Crippen LogP contribution in [0.4, 0.5) is 5.13 Å². The number of amides is 1. The molecule has 1 fully saturated rings. The molecule has 0 unspecified atom stereocenters. The molecule has 11 heteroatoms. The topological polar surface area (TPSA) is 64.1 Å². The van der Waals surface area contributed by atoms with E-state index in [0.29, 0.717) is 44.3 Å². The number of methoxy groups -OCH3 is 2. The highest BCUT2D eigenvalue weighted by molar-refractivity contribution is 7.22. The summed E-state index contributed by atoms with van der Waals surface area (Å²) in [5.41, 5.74) is 1.07. The number of ether oxygens (including phenoxy) is 3. The molecule has 2 heterocycles. The Balaban J connectivity index is 0.00000324. The summed E-state index contributed by atoms with van der Waals surface area (Å²) in [5.74, 6) is 1.10. The summed E-state index contributed by atoms with van der Waals surface area (Å²) >= 11 is 13.7. The molecule has 0 radical (unpaired) electrons. The maximum Gasteiger partial charge on any atom is 0.260 e. The molecular formula is C23H26Cl3N3O4S. The molecule has 7 nitrogen and oxygen atoms in total. The van der Waals surface area contributed by atoms with Crippen molar-refractivity contribution < 1.29 is 19.0 Å². The Kier molecular flexibility index (Phi) is 9.65. The van der Waals surface area contributed by atoms with Gasteiger partial charge in [0.25, 0.3) is 5.91 Å². The number of aromatic nitrogens is 1. The first-order valence-corrected chi connectivity index (χ1v) is 12.2. The predicted molar refractivity (Wildman–Crippen MR) is 140 cm³/mol. The number of hydrogen-bond acceptors (Lipinski definition) is 7. The second-order valence-electron chi connectivity index (χ2n) is 7.57. The van der Waals surface area contributed by atoms with E-state index in [4.69, 9.17) is 42.4 Å². The lowest BCUT2D eigenvalue weighted by Gasteiger charge is -2.27. The molecule has 1 saturated heterocycles. The summed E-state index contributed by atoms with van der Waals surface area (Å²) in [6.45, 7) is 4.62. The molecule has 0 atom stereocenters. The van der Waals surface area contributed by atoms with Gasteiger partial charge in [-0.05, 0) is 36.8 Å². The summed E-state index contributed by atoms with van der Waals surface area (Å²) in [6, 6.07) is 8.50. The zero-order valence-electron chi connectivity index (χ0n) is 18.9. The molecule has 2 aromatic carbocycles. The quantitative estimate of drug-likeness (QED) is 0.376. The third-order valence-corrected chi connectivity index (χ3v) is 6.97. The molecular weight excluding hydrogens is 521 g/mol. The Labute approximate surface area is 218 Å². The third kappa shape index (κ3) is 6.05. The van der Waals surface area contributed by atoms with E-state index >= 15 is 0 Å². The molecule has 1 aromatic heterocycles. The number of thiazole rings is 1. The second kappa shape index (κ2) is 12.2. The fourth-order valence-corrected chi connectivity index (χ4v) is 5.41. The minimum atomic E-state index is -0.210. The number of anilines is 1. The molecule has 4 rings (SSSR count). The van der Waals surface area contributed by atoms with Crippen LogP contribution in [-0.2, 0) is 4.74 Å². The lowest BCUT2D eigenvalue weighted by molar-refractivity contribution is 0.0376. The number of carbonyl (C=O) groups excluding carboxylic acids is 1. The summed E-state index contributed by atoms with van der Waals surface area (Å²) in [7, 11) is 3.21. The lowest BCUT2D eigenvalue weighted by atomic mass is 10.2. The van der Waals surface area contributed by atoms with Crippen LogP contribution in [0.2, 0.25) is 10.0 Å². The molecule has 0 saturated carbocycles. The van der Waals surface area contributed by atoms with Crippen LogP contribution in [0.5, 0.6) is 11.5 Å². The number of carbonyl (C=O) groups is 1. The SMILES string of the molecule is COc1ccc(OC)c2sc(N(CCCN3CCOCC3)C(=O)c3cc(Cl)cc(Cl)c3)nc12.Cl. The normalized spacial score (nSPS) is 14.0.